The highest BCUT2D eigenvalue weighted by atomic mass is 16.5. The van der Waals surface area contributed by atoms with Crippen molar-refractivity contribution >= 4 is 0 Å². The molecule has 1 aromatic carbocycles. The van der Waals surface area contributed by atoms with Gasteiger partial charge in [0.2, 0.25) is 5.82 Å². The maximum Gasteiger partial charge on any atom is 0.262 e. The Morgan fingerprint density at radius 3 is 2.94 bits per heavy atom. The molecule has 2 heterocycles. The smallest absolute Gasteiger partial charge is 0.262 e. The maximum absolute atomic E-state index is 5.24. The zero-order valence-corrected chi connectivity index (χ0v) is 9.49. The molecule has 0 aliphatic heterocycles. The van der Waals surface area contributed by atoms with Gasteiger partial charge in [0.15, 0.2) is 5.82 Å². The summed E-state index contributed by atoms with van der Waals surface area (Å²) in [4.78, 5) is 8.19. The Labute approximate surface area is 102 Å². The fourth-order valence-electron chi connectivity index (χ4n) is 1.56. The summed E-state index contributed by atoms with van der Waals surface area (Å²) in [6.07, 6.45) is 1.38. The van der Waals surface area contributed by atoms with Gasteiger partial charge in [0.05, 0.1) is 12.7 Å². The van der Waals surface area contributed by atoms with Gasteiger partial charge in [-0.15, -0.1) is 0 Å². The standard InChI is InChI=1S/C11H9N5O2/c1-17-8-5-3-2-4-7(8)11-14-10(16-18-11)9-12-6-13-15-9/h2-6H,1H3,(H,12,13,15). The van der Waals surface area contributed by atoms with E-state index in [9.17, 15) is 0 Å². The quantitative estimate of drug-likeness (QED) is 0.750. The van der Waals surface area contributed by atoms with E-state index in [0.717, 1.165) is 5.56 Å². The van der Waals surface area contributed by atoms with E-state index in [4.69, 9.17) is 9.26 Å². The molecule has 0 bridgehead atoms. The van der Waals surface area contributed by atoms with Crippen molar-refractivity contribution in [2.24, 2.45) is 0 Å². The van der Waals surface area contributed by atoms with Gasteiger partial charge in [-0.3, -0.25) is 5.10 Å². The lowest BCUT2D eigenvalue weighted by Crippen LogP contribution is -1.88. The lowest BCUT2D eigenvalue weighted by atomic mass is 10.2. The summed E-state index contributed by atoms with van der Waals surface area (Å²) in [5.74, 6) is 1.86. The molecule has 0 saturated heterocycles. The zero-order valence-electron chi connectivity index (χ0n) is 9.49. The van der Waals surface area contributed by atoms with Crippen molar-refractivity contribution in [3.63, 3.8) is 0 Å². The monoisotopic (exact) mass is 243 g/mol. The van der Waals surface area contributed by atoms with Gasteiger partial charge in [-0.05, 0) is 12.1 Å². The van der Waals surface area contributed by atoms with Crippen LogP contribution < -0.4 is 4.74 Å². The molecule has 1 N–H and O–H groups in total. The maximum atomic E-state index is 5.24. The van der Waals surface area contributed by atoms with Crippen LogP contribution in [0.1, 0.15) is 0 Å². The van der Waals surface area contributed by atoms with Crippen LogP contribution in [0.3, 0.4) is 0 Å². The van der Waals surface area contributed by atoms with Crippen LogP contribution in [0.2, 0.25) is 0 Å². The predicted octanol–water partition coefficient (Wildman–Crippen LogP) is 1.53. The molecular formula is C11H9N5O2. The Bertz CT molecular complexity index is 647. The molecule has 7 heteroatoms. The lowest BCUT2D eigenvalue weighted by molar-refractivity contribution is 0.405. The Balaban J connectivity index is 2.03. The number of para-hydroxylation sites is 1. The van der Waals surface area contributed by atoms with E-state index in [1.54, 1.807) is 7.11 Å². The number of rotatable bonds is 3. The summed E-state index contributed by atoms with van der Waals surface area (Å²) in [7, 11) is 1.59. The first-order valence-corrected chi connectivity index (χ1v) is 5.21. The summed E-state index contributed by atoms with van der Waals surface area (Å²) in [5.41, 5.74) is 0.735. The Kier molecular flexibility index (Phi) is 2.49. The Morgan fingerprint density at radius 2 is 2.17 bits per heavy atom. The van der Waals surface area contributed by atoms with E-state index >= 15 is 0 Å². The van der Waals surface area contributed by atoms with Crippen LogP contribution in [0.25, 0.3) is 23.1 Å². The molecule has 0 radical (unpaired) electrons. The summed E-state index contributed by atoms with van der Waals surface area (Å²) < 4.78 is 10.4. The number of ether oxygens (including phenoxy) is 1. The largest absolute Gasteiger partial charge is 0.496 e. The molecule has 0 aliphatic rings. The number of aromatic nitrogens is 5. The van der Waals surface area contributed by atoms with Crippen molar-refractivity contribution in [2.45, 2.75) is 0 Å². The first-order valence-electron chi connectivity index (χ1n) is 5.21. The highest BCUT2D eigenvalue weighted by Gasteiger charge is 2.15. The summed E-state index contributed by atoms with van der Waals surface area (Å²) >= 11 is 0. The van der Waals surface area contributed by atoms with Crippen molar-refractivity contribution in [1.82, 2.24) is 25.3 Å². The van der Waals surface area contributed by atoms with Gasteiger partial charge < -0.3 is 9.26 Å². The number of nitrogens with zero attached hydrogens (tertiary/aromatic N) is 4. The summed E-state index contributed by atoms with van der Waals surface area (Å²) in [6, 6.07) is 7.41. The third-order valence-corrected chi connectivity index (χ3v) is 2.39. The third-order valence-electron chi connectivity index (χ3n) is 2.39. The van der Waals surface area contributed by atoms with Crippen LogP contribution in [0, 0.1) is 0 Å². The summed E-state index contributed by atoms with van der Waals surface area (Å²) in [5, 5.41) is 10.2. The Hall–Kier alpha value is -2.70. The molecule has 0 saturated carbocycles. The number of hydrogen-bond acceptors (Lipinski definition) is 6. The number of benzene rings is 1. The van der Waals surface area contributed by atoms with Gasteiger partial charge in [0.1, 0.15) is 12.1 Å². The third kappa shape index (κ3) is 1.71. The number of nitrogens with one attached hydrogen (secondary N) is 1. The average Bonchev–Trinajstić information content (AvgIpc) is 3.09. The van der Waals surface area contributed by atoms with E-state index in [0.29, 0.717) is 23.3 Å². The zero-order chi connectivity index (χ0) is 12.4. The molecule has 18 heavy (non-hydrogen) atoms. The molecule has 0 aliphatic carbocycles. The number of hydrogen-bond donors (Lipinski definition) is 1. The minimum atomic E-state index is 0.355. The molecule has 0 fully saturated rings. The van der Waals surface area contributed by atoms with Crippen LogP contribution in [0.5, 0.6) is 5.75 Å². The SMILES string of the molecule is COc1ccccc1-c1nc(-c2ncn[nH]2)no1. The van der Waals surface area contributed by atoms with Crippen LogP contribution in [-0.4, -0.2) is 32.4 Å². The molecular weight excluding hydrogens is 234 g/mol. The fourth-order valence-corrected chi connectivity index (χ4v) is 1.56. The van der Waals surface area contributed by atoms with Crippen LogP contribution in [0.15, 0.2) is 35.1 Å². The van der Waals surface area contributed by atoms with E-state index < -0.39 is 0 Å². The molecule has 0 amide bonds. The van der Waals surface area contributed by atoms with E-state index in [1.807, 2.05) is 24.3 Å². The minimum Gasteiger partial charge on any atom is -0.496 e. The first-order chi connectivity index (χ1) is 8.88. The van der Waals surface area contributed by atoms with E-state index in [2.05, 4.69) is 25.3 Å². The molecule has 7 nitrogen and oxygen atoms in total. The Morgan fingerprint density at radius 1 is 1.28 bits per heavy atom. The second-order valence-corrected chi connectivity index (χ2v) is 3.46. The van der Waals surface area contributed by atoms with Gasteiger partial charge in [-0.2, -0.15) is 10.1 Å². The van der Waals surface area contributed by atoms with E-state index in [-0.39, 0.29) is 0 Å². The van der Waals surface area contributed by atoms with Crippen LogP contribution in [0.4, 0.5) is 0 Å². The first kappa shape index (κ1) is 10.5. The van der Waals surface area contributed by atoms with Crippen molar-refractivity contribution in [2.75, 3.05) is 7.11 Å². The van der Waals surface area contributed by atoms with Gasteiger partial charge in [-0.25, -0.2) is 4.98 Å². The van der Waals surface area contributed by atoms with Gasteiger partial charge in [0, 0.05) is 0 Å². The van der Waals surface area contributed by atoms with Crippen molar-refractivity contribution in [3.05, 3.63) is 30.6 Å². The molecule has 0 spiro atoms. The molecule has 90 valence electrons. The molecule has 0 unspecified atom stereocenters. The second kappa shape index (κ2) is 4.28. The van der Waals surface area contributed by atoms with Crippen molar-refractivity contribution < 1.29 is 9.26 Å². The van der Waals surface area contributed by atoms with Crippen molar-refractivity contribution in [1.29, 1.82) is 0 Å². The van der Waals surface area contributed by atoms with Crippen molar-refractivity contribution in [3.8, 4) is 28.9 Å². The van der Waals surface area contributed by atoms with Gasteiger partial charge in [0.25, 0.3) is 5.89 Å². The van der Waals surface area contributed by atoms with Crippen LogP contribution >= 0.6 is 0 Å². The molecule has 0 atom stereocenters. The average molecular weight is 243 g/mol. The number of methoxy groups -OCH3 is 1. The normalized spacial score (nSPS) is 10.5. The highest BCUT2D eigenvalue weighted by Crippen LogP contribution is 2.28. The molecule has 2 aromatic heterocycles. The second-order valence-electron chi connectivity index (χ2n) is 3.46. The molecule has 3 rings (SSSR count). The summed E-state index contributed by atoms with van der Waals surface area (Å²) in [6.45, 7) is 0. The highest BCUT2D eigenvalue weighted by molar-refractivity contribution is 5.63. The van der Waals surface area contributed by atoms with Gasteiger partial charge >= 0.3 is 0 Å². The predicted molar refractivity (Wildman–Crippen MR) is 61.7 cm³/mol. The fraction of sp³-hybridized carbons (Fsp3) is 0.0909. The number of H-pyrrole nitrogens is 1. The molecule has 3 aromatic rings. The lowest BCUT2D eigenvalue weighted by Gasteiger charge is -2.02. The topological polar surface area (TPSA) is 89.7 Å². The minimum absolute atomic E-state index is 0.355. The van der Waals surface area contributed by atoms with E-state index in [1.165, 1.54) is 6.33 Å². The van der Waals surface area contributed by atoms with Crippen LogP contribution in [-0.2, 0) is 0 Å². The number of aromatic amines is 1. The van der Waals surface area contributed by atoms with Gasteiger partial charge in [-0.1, -0.05) is 17.3 Å².